The predicted molar refractivity (Wildman–Crippen MR) is 143 cm³/mol. The van der Waals surface area contributed by atoms with E-state index in [4.69, 9.17) is 0 Å². The van der Waals surface area contributed by atoms with Crippen LogP contribution in [0.1, 0.15) is 39.5 Å². The number of ether oxygens (including phenoxy) is 2. The van der Waals surface area contributed by atoms with E-state index in [0.29, 0.717) is 41.9 Å². The second-order valence-electron chi connectivity index (χ2n) is 9.12. The number of carbonyl (C=O) groups excluding carboxylic acids is 2. The molecule has 44 heavy (non-hydrogen) atoms. The summed E-state index contributed by atoms with van der Waals surface area (Å²) in [6, 6.07) is 10.4. The molecule has 2 amide bonds. The van der Waals surface area contributed by atoms with Crippen molar-refractivity contribution in [3.8, 4) is 11.5 Å². The van der Waals surface area contributed by atoms with E-state index in [-0.39, 0.29) is 23.8 Å². The van der Waals surface area contributed by atoms with Gasteiger partial charge in [-0.15, -0.1) is 41.6 Å². The molecule has 0 saturated heterocycles. The topological polar surface area (TPSA) is 133 Å². The number of nitrogens with zero attached hydrogens (tertiary/aromatic N) is 5. The van der Waals surface area contributed by atoms with Crippen LogP contribution in [0.25, 0.3) is 0 Å². The Hall–Kier alpha value is -4.74. The summed E-state index contributed by atoms with van der Waals surface area (Å²) in [5.74, 6) is -1.85. The molecule has 4 rings (SSSR count). The average molecular weight is 644 g/mol. The molecule has 0 aliphatic rings. The first-order valence-electron chi connectivity index (χ1n) is 12.8. The fraction of sp³-hybridized carbons (Fsp3) is 0.308. The van der Waals surface area contributed by atoms with Gasteiger partial charge in [-0.2, -0.15) is 0 Å². The maximum absolute atomic E-state index is 12.4. The smallest absolute Gasteiger partial charge is 0.406 e. The maximum Gasteiger partial charge on any atom is 0.573 e. The predicted octanol–water partition coefficient (Wildman–Crippen LogP) is 5.06. The Morgan fingerprint density at radius 2 is 1.52 bits per heavy atom. The lowest BCUT2D eigenvalue weighted by Gasteiger charge is -2.10. The van der Waals surface area contributed by atoms with Crippen LogP contribution in [-0.4, -0.2) is 49.7 Å². The third-order valence-electron chi connectivity index (χ3n) is 5.59. The first-order chi connectivity index (χ1) is 20.8. The van der Waals surface area contributed by atoms with E-state index in [0.717, 1.165) is 18.2 Å². The van der Waals surface area contributed by atoms with Crippen molar-refractivity contribution in [3.63, 3.8) is 0 Å². The number of anilines is 1. The van der Waals surface area contributed by atoms with Crippen molar-refractivity contribution in [3.05, 3.63) is 76.6 Å². The summed E-state index contributed by atoms with van der Waals surface area (Å²) in [4.78, 5) is 24.7. The summed E-state index contributed by atoms with van der Waals surface area (Å²) in [6.45, 7) is 0.395. The van der Waals surface area contributed by atoms with Gasteiger partial charge in [-0.1, -0.05) is 40.8 Å². The Bertz CT molecular complexity index is 1570. The standard InChI is InChI=1S/C26H23F6N7O4S/c27-25(28,29)42-18-7-3-5-16(11-18)13-21(40)34-24-37-36-22(44-24)9-1-2-10-39-15-20(35-38-39)23(41)33-14-17-6-4-8-19(12-17)43-26(30,31)32/h3-8,11-12,15H,1-2,9-10,13-14H2,(H,33,41)(H,34,37,40). The summed E-state index contributed by atoms with van der Waals surface area (Å²) in [7, 11) is 0. The number of carbonyl (C=O) groups is 2. The molecule has 0 spiro atoms. The number of aromatic nitrogens is 5. The minimum Gasteiger partial charge on any atom is -0.406 e. The summed E-state index contributed by atoms with van der Waals surface area (Å²) in [5.41, 5.74) is 0.765. The number of benzene rings is 2. The molecule has 4 aromatic rings. The molecule has 0 aliphatic heterocycles. The third kappa shape index (κ3) is 10.8. The highest BCUT2D eigenvalue weighted by Gasteiger charge is 2.31. The molecule has 0 unspecified atom stereocenters. The van der Waals surface area contributed by atoms with Crippen LogP contribution in [0.5, 0.6) is 11.5 Å². The van der Waals surface area contributed by atoms with E-state index in [2.05, 4.69) is 40.6 Å². The quantitative estimate of drug-likeness (QED) is 0.153. The van der Waals surface area contributed by atoms with Gasteiger partial charge in [-0.3, -0.25) is 14.3 Å². The van der Waals surface area contributed by atoms with Crippen molar-refractivity contribution in [1.29, 1.82) is 0 Å². The van der Waals surface area contributed by atoms with Crippen LogP contribution in [0.3, 0.4) is 0 Å². The van der Waals surface area contributed by atoms with Crippen molar-refractivity contribution in [1.82, 2.24) is 30.5 Å². The van der Waals surface area contributed by atoms with E-state index in [1.54, 1.807) is 0 Å². The fourth-order valence-electron chi connectivity index (χ4n) is 3.79. The molecule has 2 aromatic heterocycles. The Morgan fingerprint density at radius 1 is 0.864 bits per heavy atom. The van der Waals surface area contributed by atoms with Crippen molar-refractivity contribution in [2.45, 2.75) is 51.5 Å². The highest BCUT2D eigenvalue weighted by atomic mass is 32.1. The number of hydrogen-bond acceptors (Lipinski definition) is 9. The molecular weight excluding hydrogens is 620 g/mol. The van der Waals surface area contributed by atoms with Gasteiger partial charge < -0.3 is 20.1 Å². The highest BCUT2D eigenvalue weighted by Crippen LogP contribution is 2.25. The van der Waals surface area contributed by atoms with Gasteiger partial charge in [0.05, 0.1) is 12.6 Å². The summed E-state index contributed by atoms with van der Waals surface area (Å²) in [6.07, 6.45) is -6.53. The zero-order valence-electron chi connectivity index (χ0n) is 22.5. The lowest BCUT2D eigenvalue weighted by atomic mass is 10.1. The van der Waals surface area contributed by atoms with Crippen molar-refractivity contribution in [2.24, 2.45) is 0 Å². The first-order valence-corrected chi connectivity index (χ1v) is 13.6. The SMILES string of the molecule is O=C(Cc1cccc(OC(F)(F)F)c1)Nc1nnc(CCCCn2cc(C(=O)NCc3cccc(OC(F)(F)F)c3)nn2)s1. The largest absolute Gasteiger partial charge is 0.573 e. The van der Waals surface area contributed by atoms with Gasteiger partial charge in [0.15, 0.2) is 5.69 Å². The minimum absolute atomic E-state index is 0.0387. The van der Waals surface area contributed by atoms with E-state index >= 15 is 0 Å². The van der Waals surface area contributed by atoms with Crippen molar-refractivity contribution in [2.75, 3.05) is 5.32 Å². The third-order valence-corrected chi connectivity index (χ3v) is 6.49. The maximum atomic E-state index is 12.4. The first kappa shape index (κ1) is 32.2. The zero-order valence-corrected chi connectivity index (χ0v) is 23.3. The monoisotopic (exact) mass is 643 g/mol. The number of aryl methyl sites for hydroxylation is 2. The van der Waals surface area contributed by atoms with Gasteiger partial charge in [0.2, 0.25) is 11.0 Å². The second kappa shape index (κ2) is 14.2. The molecule has 2 aromatic carbocycles. The summed E-state index contributed by atoms with van der Waals surface area (Å²) < 4.78 is 83.6. The number of hydrogen-bond donors (Lipinski definition) is 2. The van der Waals surface area contributed by atoms with Gasteiger partial charge in [-0.05, 0) is 48.2 Å². The number of halogens is 6. The molecule has 0 saturated carbocycles. The molecule has 0 fully saturated rings. The lowest BCUT2D eigenvalue weighted by Crippen LogP contribution is -2.23. The summed E-state index contributed by atoms with van der Waals surface area (Å²) in [5, 5.41) is 21.7. The summed E-state index contributed by atoms with van der Waals surface area (Å²) >= 11 is 1.17. The Balaban J connectivity index is 1.16. The van der Waals surface area contributed by atoms with Gasteiger partial charge in [-0.25, -0.2) is 0 Å². The van der Waals surface area contributed by atoms with Gasteiger partial charge in [0.1, 0.15) is 16.5 Å². The van der Waals surface area contributed by atoms with E-state index in [9.17, 15) is 35.9 Å². The average Bonchev–Trinajstić information content (AvgIpc) is 3.58. The molecule has 2 N–H and O–H groups in total. The van der Waals surface area contributed by atoms with Crippen molar-refractivity contribution < 1.29 is 45.4 Å². The van der Waals surface area contributed by atoms with E-state index < -0.39 is 36.0 Å². The Labute approximate surface area is 249 Å². The number of nitrogens with one attached hydrogen (secondary N) is 2. The molecule has 18 heteroatoms. The fourth-order valence-corrected chi connectivity index (χ4v) is 4.59. The Morgan fingerprint density at radius 3 is 2.20 bits per heavy atom. The van der Waals surface area contributed by atoms with Crippen LogP contribution in [-0.2, 0) is 30.7 Å². The lowest BCUT2D eigenvalue weighted by molar-refractivity contribution is -0.275. The number of amides is 2. The normalized spacial score (nSPS) is 11.7. The minimum atomic E-state index is -4.84. The molecule has 0 aliphatic carbocycles. The molecule has 2 heterocycles. The molecule has 0 bridgehead atoms. The van der Waals surface area contributed by atoms with Gasteiger partial charge >= 0.3 is 12.7 Å². The second-order valence-corrected chi connectivity index (χ2v) is 10.2. The zero-order chi connectivity index (χ0) is 31.7. The molecule has 234 valence electrons. The van der Waals surface area contributed by atoms with Gasteiger partial charge in [0.25, 0.3) is 5.91 Å². The van der Waals surface area contributed by atoms with Crippen LogP contribution in [0, 0.1) is 0 Å². The molecule has 0 atom stereocenters. The van der Waals surface area contributed by atoms with Crippen LogP contribution in [0.2, 0.25) is 0 Å². The van der Waals surface area contributed by atoms with E-state index in [1.165, 1.54) is 52.5 Å². The number of unbranched alkanes of at least 4 members (excludes halogenated alkanes) is 1. The van der Waals surface area contributed by atoms with Gasteiger partial charge in [0, 0.05) is 19.5 Å². The number of rotatable bonds is 13. The molecule has 11 nitrogen and oxygen atoms in total. The molecular formula is C26H23F6N7O4S. The molecule has 0 radical (unpaired) electrons. The van der Waals surface area contributed by atoms with E-state index in [1.807, 2.05) is 0 Å². The Kier molecular flexibility index (Phi) is 10.4. The highest BCUT2D eigenvalue weighted by molar-refractivity contribution is 7.15. The number of alkyl halides is 6. The van der Waals surface area contributed by atoms with Crippen LogP contribution >= 0.6 is 11.3 Å². The van der Waals surface area contributed by atoms with Crippen LogP contribution < -0.4 is 20.1 Å². The van der Waals surface area contributed by atoms with Crippen LogP contribution in [0.4, 0.5) is 31.5 Å². The van der Waals surface area contributed by atoms with Crippen LogP contribution in [0.15, 0.2) is 54.7 Å². The van der Waals surface area contributed by atoms with Crippen molar-refractivity contribution >= 4 is 28.3 Å².